The third-order valence-corrected chi connectivity index (χ3v) is 3.63. The van der Waals surface area contributed by atoms with Crippen LogP contribution in [0.3, 0.4) is 0 Å². The van der Waals surface area contributed by atoms with Gasteiger partial charge >= 0.3 is 0 Å². The van der Waals surface area contributed by atoms with Gasteiger partial charge in [0.2, 0.25) is 0 Å². The lowest BCUT2D eigenvalue weighted by atomic mass is 10.0. The van der Waals surface area contributed by atoms with E-state index in [4.69, 9.17) is 10.5 Å². The van der Waals surface area contributed by atoms with Gasteiger partial charge in [0, 0.05) is 12.6 Å². The van der Waals surface area contributed by atoms with Gasteiger partial charge in [-0.2, -0.15) is 0 Å². The van der Waals surface area contributed by atoms with Gasteiger partial charge in [0.25, 0.3) is 0 Å². The normalized spacial score (nSPS) is 17.9. The van der Waals surface area contributed by atoms with Gasteiger partial charge in [-0.25, -0.2) is 0 Å². The molecular formula is C15H24N2O. The second-order valence-electron chi connectivity index (χ2n) is 4.91. The third kappa shape index (κ3) is 3.47. The standard InChI is InChI=1S/C15H24N2O/c1-2-18-15-7-5-13(6-8-15)11-14(12-16)17-9-3-4-10-17/h5-8,14H,2-4,9-12,16H2,1H3. The van der Waals surface area contributed by atoms with E-state index in [1.165, 1.54) is 31.5 Å². The Morgan fingerprint density at radius 3 is 2.44 bits per heavy atom. The zero-order valence-electron chi connectivity index (χ0n) is 11.3. The number of rotatable bonds is 6. The van der Waals surface area contributed by atoms with Crippen molar-refractivity contribution in [3.05, 3.63) is 29.8 Å². The van der Waals surface area contributed by atoms with Crippen LogP contribution >= 0.6 is 0 Å². The molecule has 1 aliphatic rings. The van der Waals surface area contributed by atoms with Gasteiger partial charge in [0.1, 0.15) is 5.75 Å². The summed E-state index contributed by atoms with van der Waals surface area (Å²) in [4.78, 5) is 2.52. The number of nitrogens with two attached hydrogens (primary N) is 1. The fourth-order valence-corrected chi connectivity index (χ4v) is 2.63. The molecule has 1 unspecified atom stereocenters. The first-order chi connectivity index (χ1) is 8.83. The molecule has 0 amide bonds. The summed E-state index contributed by atoms with van der Waals surface area (Å²) >= 11 is 0. The Labute approximate surface area is 110 Å². The summed E-state index contributed by atoms with van der Waals surface area (Å²) in [7, 11) is 0. The summed E-state index contributed by atoms with van der Waals surface area (Å²) in [6.45, 7) is 5.88. The summed E-state index contributed by atoms with van der Waals surface area (Å²) in [5.41, 5.74) is 7.26. The molecule has 0 spiro atoms. The quantitative estimate of drug-likeness (QED) is 0.837. The molecule has 1 saturated heterocycles. The third-order valence-electron chi connectivity index (χ3n) is 3.63. The van der Waals surface area contributed by atoms with Crippen LogP contribution < -0.4 is 10.5 Å². The lowest BCUT2D eigenvalue weighted by Gasteiger charge is -2.26. The molecule has 1 aromatic carbocycles. The van der Waals surface area contributed by atoms with Gasteiger partial charge in [-0.05, 0) is 57.0 Å². The molecule has 0 aromatic heterocycles. The molecule has 2 N–H and O–H groups in total. The molecule has 3 nitrogen and oxygen atoms in total. The Balaban J connectivity index is 1.93. The lowest BCUT2D eigenvalue weighted by Crippen LogP contribution is -2.40. The van der Waals surface area contributed by atoms with E-state index < -0.39 is 0 Å². The van der Waals surface area contributed by atoms with Crippen molar-refractivity contribution in [3.8, 4) is 5.75 Å². The highest BCUT2D eigenvalue weighted by molar-refractivity contribution is 5.27. The minimum Gasteiger partial charge on any atom is -0.494 e. The predicted molar refractivity (Wildman–Crippen MR) is 75.0 cm³/mol. The molecule has 0 radical (unpaired) electrons. The van der Waals surface area contributed by atoms with Crippen LogP contribution in [0.2, 0.25) is 0 Å². The Morgan fingerprint density at radius 2 is 1.89 bits per heavy atom. The summed E-state index contributed by atoms with van der Waals surface area (Å²) in [6, 6.07) is 8.91. The van der Waals surface area contributed by atoms with E-state index in [1.54, 1.807) is 0 Å². The monoisotopic (exact) mass is 248 g/mol. The van der Waals surface area contributed by atoms with Crippen LogP contribution in [0.4, 0.5) is 0 Å². The fourth-order valence-electron chi connectivity index (χ4n) is 2.63. The zero-order valence-corrected chi connectivity index (χ0v) is 11.3. The van der Waals surface area contributed by atoms with Gasteiger partial charge < -0.3 is 10.5 Å². The SMILES string of the molecule is CCOc1ccc(CC(CN)N2CCCC2)cc1. The Hall–Kier alpha value is -1.06. The maximum atomic E-state index is 5.91. The van der Waals surface area contributed by atoms with Gasteiger partial charge in [-0.15, -0.1) is 0 Å². The fraction of sp³-hybridized carbons (Fsp3) is 0.600. The number of benzene rings is 1. The van der Waals surface area contributed by atoms with Crippen LogP contribution in [-0.4, -0.2) is 37.2 Å². The molecule has 1 aliphatic heterocycles. The molecule has 1 aromatic rings. The first-order valence-electron chi connectivity index (χ1n) is 6.99. The molecule has 0 bridgehead atoms. The number of hydrogen-bond donors (Lipinski definition) is 1. The van der Waals surface area contributed by atoms with Crippen LogP contribution in [0.1, 0.15) is 25.3 Å². The van der Waals surface area contributed by atoms with E-state index in [1.807, 2.05) is 6.92 Å². The molecule has 18 heavy (non-hydrogen) atoms. The first-order valence-corrected chi connectivity index (χ1v) is 6.99. The van der Waals surface area contributed by atoms with Crippen LogP contribution in [-0.2, 0) is 6.42 Å². The van der Waals surface area contributed by atoms with E-state index >= 15 is 0 Å². The second-order valence-corrected chi connectivity index (χ2v) is 4.91. The molecular weight excluding hydrogens is 224 g/mol. The van der Waals surface area contributed by atoms with E-state index in [0.29, 0.717) is 6.04 Å². The smallest absolute Gasteiger partial charge is 0.119 e. The summed E-state index contributed by atoms with van der Waals surface area (Å²) in [6.07, 6.45) is 3.68. The van der Waals surface area contributed by atoms with Crippen LogP contribution in [0, 0.1) is 0 Å². The molecule has 0 aliphatic carbocycles. The molecule has 3 heteroatoms. The number of ether oxygens (including phenoxy) is 1. The zero-order chi connectivity index (χ0) is 12.8. The van der Waals surface area contributed by atoms with Crippen molar-refractivity contribution in [2.45, 2.75) is 32.2 Å². The average Bonchev–Trinajstić information content (AvgIpc) is 2.92. The highest BCUT2D eigenvalue weighted by Crippen LogP contribution is 2.17. The Morgan fingerprint density at radius 1 is 1.22 bits per heavy atom. The Kier molecular flexibility index (Phi) is 5.02. The predicted octanol–water partition coefficient (Wildman–Crippen LogP) is 2.05. The summed E-state index contributed by atoms with van der Waals surface area (Å²) < 4.78 is 5.46. The topological polar surface area (TPSA) is 38.5 Å². The van der Waals surface area contributed by atoms with E-state index in [0.717, 1.165) is 25.3 Å². The van der Waals surface area contributed by atoms with Gasteiger partial charge in [0.05, 0.1) is 6.61 Å². The van der Waals surface area contributed by atoms with Gasteiger partial charge in [0.15, 0.2) is 0 Å². The second kappa shape index (κ2) is 6.76. The first kappa shape index (κ1) is 13.4. The molecule has 1 heterocycles. The van der Waals surface area contributed by atoms with Crippen molar-refractivity contribution < 1.29 is 4.74 Å². The van der Waals surface area contributed by atoms with Gasteiger partial charge in [-0.3, -0.25) is 4.90 Å². The van der Waals surface area contributed by atoms with Crippen molar-refractivity contribution in [3.63, 3.8) is 0 Å². The minimum atomic E-state index is 0.491. The average molecular weight is 248 g/mol. The number of hydrogen-bond acceptors (Lipinski definition) is 3. The maximum absolute atomic E-state index is 5.91. The maximum Gasteiger partial charge on any atom is 0.119 e. The van der Waals surface area contributed by atoms with Gasteiger partial charge in [-0.1, -0.05) is 12.1 Å². The molecule has 0 saturated carbocycles. The highest BCUT2D eigenvalue weighted by Gasteiger charge is 2.20. The molecule has 2 rings (SSSR count). The summed E-state index contributed by atoms with van der Waals surface area (Å²) in [5.74, 6) is 0.951. The van der Waals surface area contributed by atoms with E-state index in [-0.39, 0.29) is 0 Å². The largest absolute Gasteiger partial charge is 0.494 e. The minimum absolute atomic E-state index is 0.491. The lowest BCUT2D eigenvalue weighted by molar-refractivity contribution is 0.246. The van der Waals surface area contributed by atoms with Crippen LogP contribution in [0.15, 0.2) is 24.3 Å². The number of likely N-dealkylation sites (tertiary alicyclic amines) is 1. The molecule has 1 fully saturated rings. The van der Waals surface area contributed by atoms with Crippen molar-refractivity contribution in [1.29, 1.82) is 0 Å². The van der Waals surface area contributed by atoms with E-state index in [9.17, 15) is 0 Å². The van der Waals surface area contributed by atoms with E-state index in [2.05, 4.69) is 29.2 Å². The van der Waals surface area contributed by atoms with Crippen molar-refractivity contribution >= 4 is 0 Å². The highest BCUT2D eigenvalue weighted by atomic mass is 16.5. The number of nitrogens with zero attached hydrogens (tertiary/aromatic N) is 1. The Bertz CT molecular complexity index is 344. The molecule has 1 atom stereocenters. The summed E-state index contributed by atoms with van der Waals surface area (Å²) in [5, 5.41) is 0. The van der Waals surface area contributed by atoms with Crippen LogP contribution in [0.5, 0.6) is 5.75 Å². The van der Waals surface area contributed by atoms with Crippen molar-refractivity contribution in [2.24, 2.45) is 5.73 Å². The van der Waals surface area contributed by atoms with Crippen LogP contribution in [0.25, 0.3) is 0 Å². The van der Waals surface area contributed by atoms with Crippen molar-refractivity contribution in [2.75, 3.05) is 26.2 Å². The molecule has 100 valence electrons. The van der Waals surface area contributed by atoms with Crippen molar-refractivity contribution in [1.82, 2.24) is 4.90 Å².